The molecule has 2 nitrogen and oxygen atoms in total. The summed E-state index contributed by atoms with van der Waals surface area (Å²) in [5.41, 5.74) is 8.13. The first-order chi connectivity index (χ1) is 8.24. The summed E-state index contributed by atoms with van der Waals surface area (Å²) in [6, 6.07) is 6.30. The van der Waals surface area contributed by atoms with Crippen molar-refractivity contribution < 1.29 is 0 Å². The molecule has 2 N–H and O–H groups in total. The minimum Gasteiger partial charge on any atom is -0.389 e. The van der Waals surface area contributed by atoms with Crippen molar-refractivity contribution in [3.63, 3.8) is 0 Å². The lowest BCUT2D eigenvalue weighted by Gasteiger charge is -2.30. The predicted octanol–water partition coefficient (Wildman–Crippen LogP) is 2.60. The van der Waals surface area contributed by atoms with Gasteiger partial charge in [-0.15, -0.1) is 11.8 Å². The highest BCUT2D eigenvalue weighted by Crippen LogP contribution is 2.31. The molecule has 0 amide bonds. The molecule has 1 aromatic carbocycles. The Morgan fingerprint density at radius 2 is 2.12 bits per heavy atom. The molecule has 0 bridgehead atoms. The minimum atomic E-state index is 0.503. The van der Waals surface area contributed by atoms with Gasteiger partial charge in [-0.25, -0.2) is 0 Å². The number of nitrogens with two attached hydrogens (primary N) is 1. The second-order valence-corrected chi connectivity index (χ2v) is 6.33. The molecule has 1 aromatic rings. The highest BCUT2D eigenvalue weighted by molar-refractivity contribution is 7.99. The summed E-state index contributed by atoms with van der Waals surface area (Å²) in [5, 5.41) is 0. The number of thiocarbonyl (C=S) groups is 1. The maximum Gasteiger partial charge on any atom is 0.107 e. The summed E-state index contributed by atoms with van der Waals surface area (Å²) in [4.78, 5) is 4.07. The van der Waals surface area contributed by atoms with Gasteiger partial charge >= 0.3 is 0 Å². The minimum absolute atomic E-state index is 0.503. The molecule has 0 spiro atoms. The first-order valence-corrected chi connectivity index (χ1v) is 8.32. The summed E-state index contributed by atoms with van der Waals surface area (Å²) < 4.78 is 0. The van der Waals surface area contributed by atoms with Crippen LogP contribution in [0, 0.1) is 0 Å². The maximum absolute atomic E-state index is 5.88. The van der Waals surface area contributed by atoms with Crippen LogP contribution in [-0.2, 0) is 0 Å². The van der Waals surface area contributed by atoms with Crippen LogP contribution in [0.4, 0.5) is 5.69 Å². The highest BCUT2D eigenvalue weighted by atomic mass is 32.2. The van der Waals surface area contributed by atoms with Gasteiger partial charge in [0.25, 0.3) is 0 Å². The van der Waals surface area contributed by atoms with Gasteiger partial charge < -0.3 is 10.6 Å². The smallest absolute Gasteiger partial charge is 0.107 e. The van der Waals surface area contributed by atoms with Gasteiger partial charge in [0.15, 0.2) is 0 Å². The van der Waals surface area contributed by atoms with Crippen molar-refractivity contribution in [1.82, 2.24) is 0 Å². The van der Waals surface area contributed by atoms with Crippen LogP contribution in [0.1, 0.15) is 5.56 Å². The van der Waals surface area contributed by atoms with Crippen LogP contribution in [-0.4, -0.2) is 35.8 Å². The quantitative estimate of drug-likeness (QED) is 0.681. The van der Waals surface area contributed by atoms with E-state index >= 15 is 0 Å². The molecular weight excluding hydrogens is 268 g/mol. The SMILES string of the molecule is CSc1cccc(N2CCSCC2)c1C(N)=S. The molecule has 0 saturated carbocycles. The van der Waals surface area contributed by atoms with Crippen LogP contribution in [0.25, 0.3) is 0 Å². The Kier molecular flexibility index (Phi) is 4.59. The maximum atomic E-state index is 5.88. The van der Waals surface area contributed by atoms with Crippen molar-refractivity contribution in [3.05, 3.63) is 23.8 Å². The molecule has 1 saturated heterocycles. The molecule has 17 heavy (non-hydrogen) atoms. The van der Waals surface area contributed by atoms with Crippen LogP contribution in [0.2, 0.25) is 0 Å². The standard InChI is InChI=1S/C12H16N2S3/c1-16-10-4-2-3-9(11(10)12(13)15)14-5-7-17-8-6-14/h2-4H,5-8H2,1H3,(H2,13,15). The number of rotatable bonds is 3. The van der Waals surface area contributed by atoms with Crippen LogP contribution in [0.15, 0.2) is 23.1 Å². The van der Waals surface area contributed by atoms with Gasteiger partial charge in [0.2, 0.25) is 0 Å². The molecule has 1 fully saturated rings. The second kappa shape index (κ2) is 5.98. The Labute approximate surface area is 116 Å². The van der Waals surface area contributed by atoms with Crippen molar-refractivity contribution in [2.75, 3.05) is 35.8 Å². The highest BCUT2D eigenvalue weighted by Gasteiger charge is 2.18. The van der Waals surface area contributed by atoms with Gasteiger partial charge in [-0.2, -0.15) is 11.8 Å². The van der Waals surface area contributed by atoms with Crippen LogP contribution >= 0.6 is 35.7 Å². The number of hydrogen-bond donors (Lipinski definition) is 1. The number of anilines is 1. The zero-order valence-corrected chi connectivity index (χ0v) is 12.3. The number of thioether (sulfide) groups is 2. The van der Waals surface area contributed by atoms with Crippen LogP contribution in [0.5, 0.6) is 0 Å². The molecular formula is C12H16N2S3. The van der Waals surface area contributed by atoms with E-state index in [1.165, 1.54) is 22.1 Å². The van der Waals surface area contributed by atoms with Crippen molar-refractivity contribution in [1.29, 1.82) is 0 Å². The van der Waals surface area contributed by atoms with Gasteiger partial charge in [-0.3, -0.25) is 0 Å². The molecule has 0 unspecified atom stereocenters. The molecule has 5 heteroatoms. The van der Waals surface area contributed by atoms with Crippen molar-refractivity contribution >= 4 is 46.4 Å². The molecule has 2 rings (SSSR count). The Morgan fingerprint density at radius 1 is 1.41 bits per heavy atom. The largest absolute Gasteiger partial charge is 0.389 e. The molecule has 1 aliphatic heterocycles. The van der Waals surface area contributed by atoms with E-state index in [4.69, 9.17) is 18.0 Å². The van der Waals surface area contributed by atoms with Gasteiger partial charge in [0, 0.05) is 40.7 Å². The van der Waals surface area contributed by atoms with Crippen molar-refractivity contribution in [2.24, 2.45) is 5.73 Å². The summed E-state index contributed by atoms with van der Waals surface area (Å²) in [5.74, 6) is 2.36. The van der Waals surface area contributed by atoms with Gasteiger partial charge in [0.1, 0.15) is 4.99 Å². The molecule has 0 aliphatic carbocycles. The van der Waals surface area contributed by atoms with E-state index in [2.05, 4.69) is 29.4 Å². The summed E-state index contributed by atoms with van der Waals surface area (Å²) in [6.07, 6.45) is 2.06. The summed E-state index contributed by atoms with van der Waals surface area (Å²) in [7, 11) is 0. The topological polar surface area (TPSA) is 29.3 Å². The van der Waals surface area contributed by atoms with E-state index in [-0.39, 0.29) is 0 Å². The average molecular weight is 284 g/mol. The lowest BCUT2D eigenvalue weighted by atomic mass is 10.1. The van der Waals surface area contributed by atoms with Gasteiger partial charge in [0.05, 0.1) is 0 Å². The number of benzene rings is 1. The van der Waals surface area contributed by atoms with E-state index in [1.807, 2.05) is 11.8 Å². The Bertz CT molecular complexity index is 414. The van der Waals surface area contributed by atoms with Crippen LogP contribution < -0.4 is 10.6 Å². The van der Waals surface area contributed by atoms with E-state index in [0.717, 1.165) is 18.7 Å². The second-order valence-electron chi connectivity index (χ2n) is 3.82. The fourth-order valence-electron chi connectivity index (χ4n) is 2.01. The normalized spacial score (nSPS) is 15.9. The molecule has 1 aliphatic rings. The third-order valence-electron chi connectivity index (χ3n) is 2.82. The van der Waals surface area contributed by atoms with Crippen molar-refractivity contribution in [2.45, 2.75) is 4.90 Å². The van der Waals surface area contributed by atoms with Crippen LogP contribution in [0.3, 0.4) is 0 Å². The average Bonchev–Trinajstić information content (AvgIpc) is 2.38. The lowest BCUT2D eigenvalue weighted by Crippen LogP contribution is -2.34. The van der Waals surface area contributed by atoms with E-state index < -0.39 is 0 Å². The first-order valence-electron chi connectivity index (χ1n) is 5.53. The molecule has 1 heterocycles. The van der Waals surface area contributed by atoms with E-state index in [1.54, 1.807) is 11.8 Å². The van der Waals surface area contributed by atoms with Gasteiger partial charge in [-0.1, -0.05) is 18.3 Å². The van der Waals surface area contributed by atoms with E-state index in [9.17, 15) is 0 Å². The third-order valence-corrected chi connectivity index (χ3v) is 4.75. The monoisotopic (exact) mass is 284 g/mol. The number of hydrogen-bond acceptors (Lipinski definition) is 4. The number of nitrogens with zero attached hydrogens (tertiary/aromatic N) is 1. The zero-order chi connectivity index (χ0) is 12.3. The Hall–Kier alpha value is -0.390. The zero-order valence-electron chi connectivity index (χ0n) is 9.81. The molecule has 0 radical (unpaired) electrons. The summed E-state index contributed by atoms with van der Waals surface area (Å²) >= 11 is 8.91. The van der Waals surface area contributed by atoms with Gasteiger partial charge in [-0.05, 0) is 18.4 Å². The predicted molar refractivity (Wildman–Crippen MR) is 83.6 cm³/mol. The fourth-order valence-corrected chi connectivity index (χ4v) is 3.82. The third kappa shape index (κ3) is 2.89. The molecule has 92 valence electrons. The Balaban J connectivity index is 2.40. The Morgan fingerprint density at radius 3 is 2.71 bits per heavy atom. The fraction of sp³-hybridized carbons (Fsp3) is 0.417. The lowest BCUT2D eigenvalue weighted by molar-refractivity contribution is 0.855. The summed E-state index contributed by atoms with van der Waals surface area (Å²) in [6.45, 7) is 2.16. The molecule has 0 atom stereocenters. The molecule has 0 aromatic heterocycles. The first kappa shape index (κ1) is 13.1. The van der Waals surface area contributed by atoms with E-state index in [0.29, 0.717) is 4.99 Å². The van der Waals surface area contributed by atoms with Crippen molar-refractivity contribution in [3.8, 4) is 0 Å².